The van der Waals surface area contributed by atoms with Crippen molar-refractivity contribution in [2.75, 3.05) is 13.1 Å². The van der Waals surface area contributed by atoms with Crippen molar-refractivity contribution < 1.29 is 4.39 Å². The Morgan fingerprint density at radius 2 is 2.00 bits per heavy atom. The van der Waals surface area contributed by atoms with Gasteiger partial charge in [0.1, 0.15) is 5.82 Å². The van der Waals surface area contributed by atoms with Crippen LogP contribution in [0, 0.1) is 5.82 Å². The molecule has 0 saturated heterocycles. The van der Waals surface area contributed by atoms with Crippen LogP contribution in [0.2, 0.25) is 0 Å². The molecule has 0 atom stereocenters. The molecule has 1 heterocycles. The summed E-state index contributed by atoms with van der Waals surface area (Å²) in [6.45, 7) is 2.61. The average Bonchev–Trinajstić information content (AvgIpc) is 2.57. The second-order valence-electron chi connectivity index (χ2n) is 5.55. The average molecular weight is 308 g/mol. The molecule has 0 fully saturated rings. The Bertz CT molecular complexity index is 764. The van der Waals surface area contributed by atoms with Gasteiger partial charge >= 0.3 is 0 Å². The summed E-state index contributed by atoms with van der Waals surface area (Å²) in [6, 6.07) is 15.0. The molecule has 23 heavy (non-hydrogen) atoms. The molecule has 2 aromatic rings. The first-order chi connectivity index (χ1) is 11.3. The monoisotopic (exact) mass is 308 g/mol. The molecule has 0 unspecified atom stereocenters. The lowest BCUT2D eigenvalue weighted by molar-refractivity contribution is 0.293. The second kappa shape index (κ2) is 7.09. The Labute approximate surface area is 134 Å². The molecule has 0 spiro atoms. The van der Waals surface area contributed by atoms with E-state index < -0.39 is 0 Å². The highest BCUT2D eigenvalue weighted by molar-refractivity contribution is 5.68. The van der Waals surface area contributed by atoms with E-state index in [-0.39, 0.29) is 5.82 Å². The van der Waals surface area contributed by atoms with Crippen LogP contribution in [0.25, 0.3) is 16.0 Å². The maximum Gasteiger partial charge on any atom is 0.131 e. The van der Waals surface area contributed by atoms with Crippen LogP contribution >= 0.6 is 0 Å². The van der Waals surface area contributed by atoms with Crippen LogP contribution in [0.5, 0.6) is 0 Å². The summed E-state index contributed by atoms with van der Waals surface area (Å²) in [5, 5.41) is 3.43. The van der Waals surface area contributed by atoms with Gasteiger partial charge in [0.15, 0.2) is 0 Å². The van der Waals surface area contributed by atoms with Crippen LogP contribution < -0.4 is 0 Å². The molecule has 3 rings (SSSR count). The molecule has 0 saturated carbocycles. The van der Waals surface area contributed by atoms with Crippen molar-refractivity contribution in [3.05, 3.63) is 82.0 Å². The lowest BCUT2D eigenvalue weighted by Gasteiger charge is -2.26. The molecule has 0 aromatic heterocycles. The number of azide groups is 1. The van der Waals surface area contributed by atoms with Crippen LogP contribution in [0.3, 0.4) is 0 Å². The largest absolute Gasteiger partial charge is 0.295 e. The van der Waals surface area contributed by atoms with E-state index in [0.717, 1.165) is 31.6 Å². The van der Waals surface area contributed by atoms with Gasteiger partial charge in [0.25, 0.3) is 0 Å². The fourth-order valence-electron chi connectivity index (χ4n) is 2.82. The molecule has 2 aromatic carbocycles. The predicted molar refractivity (Wildman–Crippen MR) is 89.5 cm³/mol. The minimum Gasteiger partial charge on any atom is -0.295 e. The van der Waals surface area contributed by atoms with Crippen molar-refractivity contribution in [2.24, 2.45) is 5.11 Å². The number of nitrogens with zero attached hydrogens (tertiary/aromatic N) is 4. The van der Waals surface area contributed by atoms with Crippen LogP contribution in [0.4, 0.5) is 10.1 Å². The van der Waals surface area contributed by atoms with E-state index in [1.165, 1.54) is 11.6 Å². The van der Waals surface area contributed by atoms with Crippen molar-refractivity contribution in [1.29, 1.82) is 0 Å². The Hall–Kier alpha value is -2.62. The second-order valence-corrected chi connectivity index (χ2v) is 5.55. The van der Waals surface area contributed by atoms with Gasteiger partial charge < -0.3 is 0 Å². The smallest absolute Gasteiger partial charge is 0.131 e. The SMILES string of the molecule is [N-]=[N+]=Nc1ccc(C2=CCN(Cc3ccccc3)CC2)c(F)c1. The number of rotatable bonds is 4. The molecule has 0 aliphatic carbocycles. The third-order valence-corrected chi connectivity index (χ3v) is 4.00. The lowest BCUT2D eigenvalue weighted by Crippen LogP contribution is -2.28. The van der Waals surface area contributed by atoms with Crippen molar-refractivity contribution in [3.8, 4) is 0 Å². The van der Waals surface area contributed by atoms with E-state index in [1.54, 1.807) is 12.1 Å². The van der Waals surface area contributed by atoms with Gasteiger partial charge in [-0.15, -0.1) is 0 Å². The molecule has 0 bridgehead atoms. The summed E-state index contributed by atoms with van der Waals surface area (Å²) < 4.78 is 14.2. The van der Waals surface area contributed by atoms with Crippen LogP contribution in [0.1, 0.15) is 17.5 Å². The Morgan fingerprint density at radius 1 is 1.17 bits per heavy atom. The van der Waals surface area contributed by atoms with Gasteiger partial charge in [-0.05, 0) is 29.2 Å². The fourth-order valence-corrected chi connectivity index (χ4v) is 2.82. The van der Waals surface area contributed by atoms with E-state index >= 15 is 0 Å². The van der Waals surface area contributed by atoms with E-state index in [2.05, 4.69) is 33.1 Å². The summed E-state index contributed by atoms with van der Waals surface area (Å²) in [5.41, 5.74) is 11.6. The molecule has 0 amide bonds. The van der Waals surface area contributed by atoms with Gasteiger partial charge in [-0.25, -0.2) is 4.39 Å². The number of hydrogen-bond acceptors (Lipinski definition) is 2. The summed E-state index contributed by atoms with van der Waals surface area (Å²) in [4.78, 5) is 5.01. The van der Waals surface area contributed by atoms with Gasteiger partial charge in [-0.1, -0.05) is 53.7 Å². The first-order valence-electron chi connectivity index (χ1n) is 7.56. The Balaban J connectivity index is 1.70. The molecule has 5 heteroatoms. The maximum atomic E-state index is 14.2. The van der Waals surface area contributed by atoms with E-state index in [9.17, 15) is 4.39 Å². The quantitative estimate of drug-likeness (QED) is 0.442. The minimum atomic E-state index is -0.336. The van der Waals surface area contributed by atoms with Crippen molar-refractivity contribution in [1.82, 2.24) is 4.90 Å². The van der Waals surface area contributed by atoms with Crippen molar-refractivity contribution in [2.45, 2.75) is 13.0 Å². The highest BCUT2D eigenvalue weighted by atomic mass is 19.1. The zero-order chi connectivity index (χ0) is 16.1. The molecular formula is C18H17FN4. The summed E-state index contributed by atoms with van der Waals surface area (Å²) in [7, 11) is 0. The molecule has 116 valence electrons. The third-order valence-electron chi connectivity index (χ3n) is 4.00. The van der Waals surface area contributed by atoms with Gasteiger partial charge in [0, 0.05) is 35.8 Å². The van der Waals surface area contributed by atoms with Gasteiger partial charge in [0.05, 0.1) is 0 Å². The molecule has 1 aliphatic rings. The predicted octanol–water partition coefficient (Wildman–Crippen LogP) is 5.06. The first-order valence-corrected chi connectivity index (χ1v) is 7.56. The summed E-state index contributed by atoms with van der Waals surface area (Å²) in [6.07, 6.45) is 2.89. The number of benzene rings is 2. The summed E-state index contributed by atoms with van der Waals surface area (Å²) in [5.74, 6) is -0.336. The van der Waals surface area contributed by atoms with E-state index in [1.807, 2.05) is 18.2 Å². The Kier molecular flexibility index (Phi) is 4.71. The highest BCUT2D eigenvalue weighted by Crippen LogP contribution is 2.28. The van der Waals surface area contributed by atoms with Gasteiger partial charge in [0.2, 0.25) is 0 Å². The topological polar surface area (TPSA) is 52.0 Å². The molecule has 4 nitrogen and oxygen atoms in total. The molecular weight excluding hydrogens is 291 g/mol. The number of hydrogen-bond donors (Lipinski definition) is 0. The van der Waals surface area contributed by atoms with E-state index in [0.29, 0.717) is 11.3 Å². The fraction of sp³-hybridized carbons (Fsp3) is 0.222. The minimum absolute atomic E-state index is 0.302. The van der Waals surface area contributed by atoms with Crippen LogP contribution in [-0.2, 0) is 6.54 Å². The highest BCUT2D eigenvalue weighted by Gasteiger charge is 2.15. The van der Waals surface area contributed by atoms with Gasteiger partial charge in [-0.2, -0.15) is 0 Å². The zero-order valence-electron chi connectivity index (χ0n) is 12.7. The molecule has 0 N–H and O–H groups in total. The van der Waals surface area contributed by atoms with Crippen LogP contribution in [-0.4, -0.2) is 18.0 Å². The zero-order valence-corrected chi connectivity index (χ0v) is 12.7. The van der Waals surface area contributed by atoms with Crippen molar-refractivity contribution >= 4 is 11.3 Å². The first kappa shape index (κ1) is 15.3. The third kappa shape index (κ3) is 3.77. The number of halogens is 1. The molecule has 1 aliphatic heterocycles. The van der Waals surface area contributed by atoms with Gasteiger partial charge in [-0.3, -0.25) is 4.90 Å². The van der Waals surface area contributed by atoms with Crippen LogP contribution in [0.15, 0.2) is 59.7 Å². The lowest BCUT2D eigenvalue weighted by atomic mass is 9.98. The molecule has 0 radical (unpaired) electrons. The normalized spacial score (nSPS) is 14.9. The maximum absolute atomic E-state index is 14.2. The summed E-state index contributed by atoms with van der Waals surface area (Å²) >= 11 is 0. The van der Waals surface area contributed by atoms with E-state index in [4.69, 9.17) is 5.53 Å². The van der Waals surface area contributed by atoms with Crippen molar-refractivity contribution in [3.63, 3.8) is 0 Å². The standard InChI is InChI=1S/C18H17FN4/c19-18-12-16(21-22-20)6-7-17(18)15-8-10-23(11-9-15)13-14-4-2-1-3-5-14/h1-8,12H,9-11,13H2. The Morgan fingerprint density at radius 3 is 2.65 bits per heavy atom.